The molecule has 5 heteroatoms. The van der Waals surface area contributed by atoms with Crippen LogP contribution in [0.3, 0.4) is 0 Å². The molecule has 0 aliphatic heterocycles. The van der Waals surface area contributed by atoms with Crippen molar-refractivity contribution in [3.63, 3.8) is 0 Å². The predicted molar refractivity (Wildman–Crippen MR) is 84.3 cm³/mol. The van der Waals surface area contributed by atoms with Gasteiger partial charge in [0.25, 0.3) is 0 Å². The summed E-state index contributed by atoms with van der Waals surface area (Å²) >= 11 is 2.25. The highest BCUT2D eigenvalue weighted by molar-refractivity contribution is 14.1. The van der Waals surface area contributed by atoms with Gasteiger partial charge in [0.15, 0.2) is 0 Å². The van der Waals surface area contributed by atoms with Gasteiger partial charge < -0.3 is 10.1 Å². The van der Waals surface area contributed by atoms with Gasteiger partial charge >= 0.3 is 0 Å². The first kappa shape index (κ1) is 14.3. The van der Waals surface area contributed by atoms with Gasteiger partial charge in [0, 0.05) is 12.7 Å². The second kappa shape index (κ2) is 7.49. The van der Waals surface area contributed by atoms with Crippen molar-refractivity contribution in [2.45, 2.75) is 20.0 Å². The zero-order valence-electron chi connectivity index (χ0n) is 11.0. The summed E-state index contributed by atoms with van der Waals surface area (Å²) in [6, 6.07) is 8.20. The van der Waals surface area contributed by atoms with E-state index in [0.29, 0.717) is 6.61 Å². The first-order valence-corrected chi connectivity index (χ1v) is 7.46. The van der Waals surface area contributed by atoms with E-state index < -0.39 is 0 Å². The van der Waals surface area contributed by atoms with Crippen LogP contribution in [-0.2, 0) is 13.1 Å². The molecule has 1 aromatic carbocycles. The Balaban J connectivity index is 1.82. The van der Waals surface area contributed by atoms with Crippen molar-refractivity contribution in [2.75, 3.05) is 13.2 Å². The van der Waals surface area contributed by atoms with Crippen LogP contribution in [-0.4, -0.2) is 22.9 Å². The van der Waals surface area contributed by atoms with Crippen LogP contribution >= 0.6 is 22.6 Å². The fourth-order valence-electron chi connectivity index (χ4n) is 1.73. The molecular weight excluding hydrogens is 353 g/mol. The highest BCUT2D eigenvalue weighted by Crippen LogP contribution is 2.13. The molecule has 0 aliphatic rings. The molecule has 2 rings (SSSR count). The van der Waals surface area contributed by atoms with Crippen molar-refractivity contribution in [3.8, 4) is 5.75 Å². The van der Waals surface area contributed by atoms with E-state index in [4.69, 9.17) is 4.74 Å². The van der Waals surface area contributed by atoms with E-state index in [9.17, 15) is 0 Å². The molecule has 0 aliphatic carbocycles. The lowest BCUT2D eigenvalue weighted by Crippen LogP contribution is -2.12. The third-order valence-electron chi connectivity index (χ3n) is 2.67. The summed E-state index contributed by atoms with van der Waals surface area (Å²) in [4.78, 5) is 0. The molecule has 0 saturated heterocycles. The lowest BCUT2D eigenvalue weighted by Gasteiger charge is -2.08. The third-order valence-corrected chi connectivity index (χ3v) is 3.23. The smallest absolute Gasteiger partial charge is 0.119 e. The van der Waals surface area contributed by atoms with Crippen LogP contribution in [0.2, 0.25) is 0 Å². The van der Waals surface area contributed by atoms with Crippen LogP contribution in [0.25, 0.3) is 0 Å². The molecule has 19 heavy (non-hydrogen) atoms. The summed E-state index contributed by atoms with van der Waals surface area (Å²) in [6.45, 7) is 5.35. The Bertz CT molecular complexity index is 513. The van der Waals surface area contributed by atoms with Crippen LogP contribution in [0.4, 0.5) is 0 Å². The van der Waals surface area contributed by atoms with Gasteiger partial charge in [-0.2, -0.15) is 5.10 Å². The Morgan fingerprint density at radius 1 is 1.42 bits per heavy atom. The number of ether oxygens (including phenoxy) is 1. The molecule has 0 unspecified atom stereocenters. The second-order valence-electron chi connectivity index (χ2n) is 4.20. The van der Waals surface area contributed by atoms with E-state index in [1.807, 2.05) is 29.2 Å². The summed E-state index contributed by atoms with van der Waals surface area (Å²) < 4.78 is 8.79. The van der Waals surface area contributed by atoms with Crippen molar-refractivity contribution in [2.24, 2.45) is 0 Å². The van der Waals surface area contributed by atoms with Crippen LogP contribution < -0.4 is 10.1 Å². The molecule has 0 atom stereocenters. The van der Waals surface area contributed by atoms with E-state index >= 15 is 0 Å². The quantitative estimate of drug-likeness (QED) is 0.761. The van der Waals surface area contributed by atoms with Crippen molar-refractivity contribution < 1.29 is 4.74 Å². The van der Waals surface area contributed by atoms with Gasteiger partial charge in [0.05, 0.1) is 16.3 Å². The third kappa shape index (κ3) is 4.83. The fraction of sp³-hybridized carbons (Fsp3) is 0.357. The van der Waals surface area contributed by atoms with Crippen molar-refractivity contribution in [1.82, 2.24) is 15.1 Å². The van der Waals surface area contributed by atoms with Crippen LogP contribution in [0, 0.1) is 3.57 Å². The Hall–Kier alpha value is -1.08. The second-order valence-corrected chi connectivity index (χ2v) is 5.44. The SMILES string of the molecule is CCNCc1cccc(OCCn2cc(I)cn2)c1. The fourth-order valence-corrected chi connectivity index (χ4v) is 2.18. The molecule has 1 N–H and O–H groups in total. The maximum atomic E-state index is 5.75. The molecule has 0 spiro atoms. The minimum atomic E-state index is 0.627. The lowest BCUT2D eigenvalue weighted by atomic mass is 10.2. The van der Waals surface area contributed by atoms with Gasteiger partial charge in [-0.05, 0) is 46.8 Å². The first-order valence-electron chi connectivity index (χ1n) is 6.38. The van der Waals surface area contributed by atoms with Gasteiger partial charge in [-0.1, -0.05) is 19.1 Å². The average molecular weight is 371 g/mol. The summed E-state index contributed by atoms with van der Waals surface area (Å²) in [6.07, 6.45) is 3.85. The van der Waals surface area contributed by atoms with E-state index in [0.717, 1.165) is 29.0 Å². The van der Waals surface area contributed by atoms with E-state index in [-0.39, 0.29) is 0 Å². The largest absolute Gasteiger partial charge is 0.492 e. The van der Waals surface area contributed by atoms with Gasteiger partial charge in [-0.25, -0.2) is 0 Å². The number of nitrogens with one attached hydrogen (secondary N) is 1. The molecule has 1 aromatic heterocycles. The zero-order chi connectivity index (χ0) is 13.5. The van der Waals surface area contributed by atoms with Gasteiger partial charge in [0.1, 0.15) is 12.4 Å². The number of hydrogen-bond donors (Lipinski definition) is 1. The number of nitrogens with zero attached hydrogens (tertiary/aromatic N) is 2. The monoisotopic (exact) mass is 371 g/mol. The van der Waals surface area contributed by atoms with Crippen LogP contribution in [0.1, 0.15) is 12.5 Å². The molecular formula is C14H18IN3O. The highest BCUT2D eigenvalue weighted by Gasteiger charge is 1.98. The molecule has 4 nitrogen and oxygen atoms in total. The van der Waals surface area contributed by atoms with Gasteiger partial charge in [-0.15, -0.1) is 0 Å². The topological polar surface area (TPSA) is 39.1 Å². The predicted octanol–water partition coefficient (Wildman–Crippen LogP) is 2.68. The number of benzene rings is 1. The Morgan fingerprint density at radius 3 is 3.05 bits per heavy atom. The van der Waals surface area contributed by atoms with Gasteiger partial charge in [-0.3, -0.25) is 4.68 Å². The van der Waals surface area contributed by atoms with Gasteiger partial charge in [0.2, 0.25) is 0 Å². The molecule has 0 bridgehead atoms. The van der Waals surface area contributed by atoms with E-state index in [2.05, 4.69) is 52.1 Å². The molecule has 102 valence electrons. The lowest BCUT2D eigenvalue weighted by molar-refractivity contribution is 0.291. The minimum absolute atomic E-state index is 0.627. The summed E-state index contributed by atoms with van der Waals surface area (Å²) in [5.74, 6) is 0.914. The number of halogens is 1. The molecule has 1 heterocycles. The van der Waals surface area contributed by atoms with E-state index in [1.165, 1.54) is 5.56 Å². The highest BCUT2D eigenvalue weighted by atomic mass is 127. The number of rotatable bonds is 7. The average Bonchev–Trinajstić information content (AvgIpc) is 2.83. The van der Waals surface area contributed by atoms with Crippen molar-refractivity contribution in [3.05, 3.63) is 45.8 Å². The summed E-state index contributed by atoms with van der Waals surface area (Å²) in [5, 5.41) is 7.53. The van der Waals surface area contributed by atoms with Crippen LogP contribution in [0.5, 0.6) is 5.75 Å². The maximum Gasteiger partial charge on any atom is 0.119 e. The van der Waals surface area contributed by atoms with E-state index in [1.54, 1.807) is 0 Å². The molecule has 0 fully saturated rings. The Morgan fingerprint density at radius 2 is 2.32 bits per heavy atom. The normalized spacial score (nSPS) is 10.6. The zero-order valence-corrected chi connectivity index (χ0v) is 13.1. The maximum absolute atomic E-state index is 5.75. The molecule has 2 aromatic rings. The molecule has 0 amide bonds. The van der Waals surface area contributed by atoms with Crippen molar-refractivity contribution >= 4 is 22.6 Å². The Labute approximate surface area is 127 Å². The summed E-state index contributed by atoms with van der Waals surface area (Å²) in [5.41, 5.74) is 1.24. The number of aromatic nitrogens is 2. The minimum Gasteiger partial charge on any atom is -0.492 e. The molecule has 0 radical (unpaired) electrons. The Kier molecular flexibility index (Phi) is 5.65. The van der Waals surface area contributed by atoms with Crippen molar-refractivity contribution in [1.29, 1.82) is 0 Å². The number of hydrogen-bond acceptors (Lipinski definition) is 3. The van der Waals surface area contributed by atoms with Crippen LogP contribution in [0.15, 0.2) is 36.7 Å². The standard InChI is InChI=1S/C14H18IN3O/c1-2-16-9-12-4-3-5-14(8-12)19-7-6-18-11-13(15)10-17-18/h3-5,8,10-11,16H,2,6-7,9H2,1H3. The summed E-state index contributed by atoms with van der Waals surface area (Å²) in [7, 11) is 0. The molecule has 0 saturated carbocycles. The first-order chi connectivity index (χ1) is 9.28.